The molecule has 0 radical (unpaired) electrons. The number of amides is 1. The van der Waals surface area contributed by atoms with Crippen LogP contribution in [0.15, 0.2) is 4.63 Å². The van der Waals surface area contributed by atoms with Gasteiger partial charge in [0.2, 0.25) is 5.91 Å². The Balaban J connectivity index is 1.72. The van der Waals surface area contributed by atoms with E-state index in [0.717, 1.165) is 6.54 Å². The van der Waals surface area contributed by atoms with Crippen LogP contribution in [0.2, 0.25) is 0 Å². The van der Waals surface area contributed by atoms with Crippen molar-refractivity contribution in [3.63, 3.8) is 0 Å². The maximum Gasteiger partial charge on any atom is 0.231 e. The average molecular weight is 239 g/mol. The number of carbonyl (C=O) groups excluding carboxylic acids is 1. The van der Waals surface area contributed by atoms with Crippen molar-refractivity contribution in [3.8, 4) is 0 Å². The lowest BCUT2D eigenvalue weighted by Crippen LogP contribution is -3.12. The van der Waals surface area contributed by atoms with Gasteiger partial charge in [-0.1, -0.05) is 5.16 Å². The van der Waals surface area contributed by atoms with Gasteiger partial charge in [-0.05, 0) is 31.3 Å². The highest BCUT2D eigenvalue weighted by Crippen LogP contribution is 2.06. The van der Waals surface area contributed by atoms with Gasteiger partial charge in [-0.3, -0.25) is 4.79 Å². The first-order chi connectivity index (χ1) is 8.25. The van der Waals surface area contributed by atoms with E-state index in [4.69, 9.17) is 0 Å². The van der Waals surface area contributed by atoms with Crippen LogP contribution < -0.4 is 10.2 Å². The molecule has 1 aliphatic rings. The fourth-order valence-corrected chi connectivity index (χ4v) is 2.13. The molecule has 0 aromatic carbocycles. The summed E-state index contributed by atoms with van der Waals surface area (Å²) in [6, 6.07) is 0. The highest BCUT2D eigenvalue weighted by molar-refractivity contribution is 5.90. The van der Waals surface area contributed by atoms with E-state index in [2.05, 4.69) is 20.3 Å². The molecule has 0 unspecified atom stereocenters. The number of hydrogen-bond donors (Lipinski definition) is 2. The van der Waals surface area contributed by atoms with Gasteiger partial charge in [-0.2, -0.15) is 0 Å². The lowest BCUT2D eigenvalue weighted by atomic mass is 10.1. The number of rotatable bonds is 4. The molecule has 0 atom stereocenters. The zero-order chi connectivity index (χ0) is 12.1. The molecule has 2 rings (SSSR count). The molecule has 1 aromatic heterocycles. The molecule has 6 heteroatoms. The number of hydrogen-bond acceptors (Lipinski definition) is 4. The van der Waals surface area contributed by atoms with E-state index in [9.17, 15) is 4.79 Å². The topological polar surface area (TPSA) is 72.5 Å². The third-order valence-electron chi connectivity index (χ3n) is 3.18. The molecule has 6 nitrogen and oxygen atoms in total. The second-order valence-electron chi connectivity index (χ2n) is 4.56. The molecule has 0 aliphatic carbocycles. The minimum atomic E-state index is -0.0122. The van der Waals surface area contributed by atoms with Crippen LogP contribution in [0.5, 0.6) is 0 Å². The lowest BCUT2D eigenvalue weighted by molar-refractivity contribution is -0.904. The highest BCUT2D eigenvalue weighted by Gasteiger charge is 2.16. The molecular weight excluding hydrogens is 220 g/mol. The largest absolute Gasteiger partial charge is 0.335 e. The van der Waals surface area contributed by atoms with Gasteiger partial charge >= 0.3 is 0 Å². The quantitative estimate of drug-likeness (QED) is 0.761. The summed E-state index contributed by atoms with van der Waals surface area (Å²) < 4.78 is 4.52. The first-order valence-corrected chi connectivity index (χ1v) is 6.18. The zero-order valence-corrected chi connectivity index (χ0v) is 10.2. The molecule has 1 amide bonds. The van der Waals surface area contributed by atoms with Crippen LogP contribution >= 0.6 is 0 Å². The van der Waals surface area contributed by atoms with Crippen LogP contribution in [-0.2, 0) is 4.79 Å². The van der Waals surface area contributed by atoms with Crippen LogP contribution in [0.4, 0.5) is 5.82 Å². The summed E-state index contributed by atoms with van der Waals surface area (Å²) in [4.78, 5) is 13.2. The predicted molar refractivity (Wildman–Crippen MR) is 61.7 cm³/mol. The fourth-order valence-electron chi connectivity index (χ4n) is 2.13. The second kappa shape index (κ2) is 5.77. The zero-order valence-electron chi connectivity index (χ0n) is 10.2. The van der Waals surface area contributed by atoms with Crippen LogP contribution in [0.3, 0.4) is 0 Å². The number of aromatic nitrogens is 2. The minimum Gasteiger partial charge on any atom is -0.335 e. The van der Waals surface area contributed by atoms with Gasteiger partial charge in [-0.15, -0.1) is 0 Å². The van der Waals surface area contributed by atoms with Crippen molar-refractivity contribution in [3.05, 3.63) is 5.69 Å². The molecule has 0 saturated carbocycles. The molecule has 94 valence electrons. The summed E-state index contributed by atoms with van der Waals surface area (Å²) in [7, 11) is 0. The first kappa shape index (κ1) is 12.0. The third-order valence-corrected chi connectivity index (χ3v) is 3.18. The number of aryl methyl sites for hydroxylation is 1. The summed E-state index contributed by atoms with van der Waals surface area (Å²) in [6.45, 7) is 5.04. The van der Waals surface area contributed by atoms with Crippen molar-refractivity contribution in [2.24, 2.45) is 0 Å². The summed E-state index contributed by atoms with van der Waals surface area (Å²) in [5.41, 5.74) is 0.615. The van der Waals surface area contributed by atoms with Gasteiger partial charge in [0.05, 0.1) is 26.1 Å². The maximum atomic E-state index is 11.7. The van der Waals surface area contributed by atoms with Crippen LogP contribution in [0.25, 0.3) is 0 Å². The maximum absolute atomic E-state index is 11.7. The number of nitrogens with zero attached hydrogens (tertiary/aromatic N) is 2. The smallest absolute Gasteiger partial charge is 0.231 e. The number of carbonyl (C=O) groups is 1. The molecule has 0 spiro atoms. The van der Waals surface area contributed by atoms with Crippen molar-refractivity contribution in [2.45, 2.75) is 32.6 Å². The number of nitrogens with one attached hydrogen (secondary N) is 2. The van der Waals surface area contributed by atoms with Crippen molar-refractivity contribution >= 4 is 11.7 Å². The third kappa shape index (κ3) is 3.52. The molecule has 1 saturated heterocycles. The molecule has 17 heavy (non-hydrogen) atoms. The fraction of sp³-hybridized carbons (Fsp3) is 0.727. The number of piperidine rings is 1. The van der Waals surface area contributed by atoms with Gasteiger partial charge in [0, 0.05) is 0 Å². The normalized spacial score (nSPS) is 17.0. The second-order valence-corrected chi connectivity index (χ2v) is 4.56. The molecule has 1 fully saturated rings. The lowest BCUT2D eigenvalue weighted by Gasteiger charge is -2.22. The minimum absolute atomic E-state index is 0.0122. The highest BCUT2D eigenvalue weighted by atomic mass is 16.6. The van der Waals surface area contributed by atoms with Crippen LogP contribution in [-0.4, -0.2) is 35.9 Å². The average Bonchev–Trinajstić information content (AvgIpc) is 2.74. The van der Waals surface area contributed by atoms with Gasteiger partial charge < -0.3 is 10.2 Å². The SMILES string of the molecule is Cc1nonc1NC(=O)CC[NH+]1CCCCC1. The summed E-state index contributed by atoms with van der Waals surface area (Å²) in [5.74, 6) is 0.422. The number of quaternary nitrogens is 1. The van der Waals surface area contributed by atoms with Crippen LogP contribution in [0.1, 0.15) is 31.4 Å². The summed E-state index contributed by atoms with van der Waals surface area (Å²) in [6.07, 6.45) is 4.42. The monoisotopic (exact) mass is 239 g/mol. The Morgan fingerprint density at radius 3 is 2.76 bits per heavy atom. The van der Waals surface area contributed by atoms with Gasteiger partial charge in [-0.25, -0.2) is 4.63 Å². The Bertz CT molecular complexity index is 371. The van der Waals surface area contributed by atoms with E-state index in [-0.39, 0.29) is 5.91 Å². The van der Waals surface area contributed by atoms with Gasteiger partial charge in [0.25, 0.3) is 0 Å². The standard InChI is InChI=1S/C11H18N4O2/c1-9-11(14-17-13-9)12-10(16)5-8-15-6-3-2-4-7-15/h2-8H2,1H3,(H,12,14,16)/p+1. The number of anilines is 1. The molecule has 2 heterocycles. The van der Waals surface area contributed by atoms with E-state index < -0.39 is 0 Å². The molecule has 2 N–H and O–H groups in total. The van der Waals surface area contributed by atoms with E-state index >= 15 is 0 Å². The van der Waals surface area contributed by atoms with E-state index in [1.54, 1.807) is 6.92 Å². The first-order valence-electron chi connectivity index (χ1n) is 6.18. The molecular formula is C11H19N4O2+. The van der Waals surface area contributed by atoms with Gasteiger partial charge in [0.15, 0.2) is 5.82 Å². The summed E-state index contributed by atoms with van der Waals surface area (Å²) in [5, 5.41) is 9.95. The van der Waals surface area contributed by atoms with Crippen molar-refractivity contribution in [1.82, 2.24) is 10.3 Å². The van der Waals surface area contributed by atoms with E-state index in [1.807, 2.05) is 0 Å². The Morgan fingerprint density at radius 1 is 1.35 bits per heavy atom. The Hall–Kier alpha value is -1.43. The molecule has 1 aromatic rings. The Kier molecular flexibility index (Phi) is 4.08. The van der Waals surface area contributed by atoms with Crippen molar-refractivity contribution < 1.29 is 14.3 Å². The van der Waals surface area contributed by atoms with Crippen LogP contribution in [0, 0.1) is 6.92 Å². The van der Waals surface area contributed by atoms with E-state index in [0.29, 0.717) is 17.9 Å². The molecule has 1 aliphatic heterocycles. The van der Waals surface area contributed by atoms with E-state index in [1.165, 1.54) is 37.3 Å². The number of likely N-dealkylation sites (tertiary alicyclic amines) is 1. The predicted octanol–water partition coefficient (Wildman–Crippen LogP) is -0.225. The Labute approximate surface area is 100 Å². The Morgan fingerprint density at radius 2 is 2.12 bits per heavy atom. The van der Waals surface area contributed by atoms with Crippen molar-refractivity contribution in [2.75, 3.05) is 25.0 Å². The van der Waals surface area contributed by atoms with Gasteiger partial charge in [0.1, 0.15) is 5.69 Å². The molecule has 0 bridgehead atoms. The van der Waals surface area contributed by atoms with Crippen molar-refractivity contribution in [1.29, 1.82) is 0 Å². The summed E-state index contributed by atoms with van der Waals surface area (Å²) >= 11 is 0.